The van der Waals surface area contributed by atoms with E-state index in [2.05, 4.69) is 40.3 Å². The summed E-state index contributed by atoms with van der Waals surface area (Å²) in [6.07, 6.45) is 2.24. The van der Waals surface area contributed by atoms with Gasteiger partial charge in [0, 0.05) is 47.9 Å². The summed E-state index contributed by atoms with van der Waals surface area (Å²) in [6, 6.07) is 18.6. The third-order valence-electron chi connectivity index (χ3n) is 9.16. The van der Waals surface area contributed by atoms with E-state index in [1.165, 1.54) is 60.7 Å². The van der Waals surface area contributed by atoms with Gasteiger partial charge >= 0.3 is 0 Å². The van der Waals surface area contributed by atoms with Crippen molar-refractivity contribution >= 4 is 64.0 Å². The zero-order valence-corrected chi connectivity index (χ0v) is 38.5. The first-order valence-electron chi connectivity index (χ1n) is 19.2. The number of imidazole rings is 1. The fourth-order valence-electron chi connectivity index (χ4n) is 5.98. The van der Waals surface area contributed by atoms with Crippen LogP contribution in [0.25, 0.3) is 23.0 Å². The van der Waals surface area contributed by atoms with Crippen molar-refractivity contribution in [2.75, 3.05) is 19.0 Å². The lowest BCUT2D eigenvalue weighted by atomic mass is 10.1. The Morgan fingerprint density at radius 2 is 1.23 bits per heavy atom. The number of H-pyrrole nitrogens is 1. The van der Waals surface area contributed by atoms with Crippen molar-refractivity contribution in [1.29, 1.82) is 10.5 Å². The largest absolute Gasteiger partial charge is 0.453 e. The molecule has 0 aliphatic heterocycles. The summed E-state index contributed by atoms with van der Waals surface area (Å²) in [4.78, 5) is 17.7. The quantitative estimate of drug-likeness (QED) is 0.121. The molecule has 334 valence electrons. The van der Waals surface area contributed by atoms with Crippen LogP contribution in [0.3, 0.4) is 0 Å². The average molecular weight is 992 g/mol. The summed E-state index contributed by atoms with van der Waals surface area (Å²) in [5.41, 5.74) is 2.56. The number of halogens is 7. The van der Waals surface area contributed by atoms with Crippen LogP contribution in [-0.4, -0.2) is 54.4 Å². The lowest BCUT2D eigenvalue weighted by Crippen LogP contribution is -2.13. The number of aromatic nitrogens is 8. The SMILES string of the molecule is CCc1nc(-c2nnc(Cc3ccc(Cl)c(Oc4cc(Cl)cc(C#N)c4)c3F)o2)c(Cl)[nH]1.Cc1nc(N(C)C)ncc1-c1nnc(Cc2ccc(Cl)c(Oc3cc(Cl)cc(C#N)c3)c2F)o1. The van der Waals surface area contributed by atoms with Crippen LogP contribution in [0.15, 0.2) is 75.7 Å². The number of aromatic amines is 1. The van der Waals surface area contributed by atoms with Gasteiger partial charge in [-0.3, -0.25) is 0 Å². The summed E-state index contributed by atoms with van der Waals surface area (Å²) in [5.74, 6) is 0.460. The minimum absolute atomic E-state index is 0.00103. The molecule has 0 atom stereocenters. The lowest BCUT2D eigenvalue weighted by molar-refractivity contribution is 0.437. The van der Waals surface area contributed by atoms with Crippen LogP contribution in [0.4, 0.5) is 14.7 Å². The van der Waals surface area contributed by atoms with E-state index < -0.39 is 11.6 Å². The van der Waals surface area contributed by atoms with E-state index in [1.807, 2.05) is 40.1 Å². The molecule has 0 amide bonds. The highest BCUT2D eigenvalue weighted by Gasteiger charge is 2.22. The van der Waals surface area contributed by atoms with E-state index >= 15 is 8.78 Å². The molecular formula is C44H30Cl5F2N11O4. The Morgan fingerprint density at radius 1 is 0.712 bits per heavy atom. The lowest BCUT2D eigenvalue weighted by Gasteiger charge is -2.12. The minimum atomic E-state index is -0.707. The van der Waals surface area contributed by atoms with Gasteiger partial charge in [0.25, 0.3) is 11.8 Å². The van der Waals surface area contributed by atoms with Crippen molar-refractivity contribution in [2.45, 2.75) is 33.1 Å². The van der Waals surface area contributed by atoms with E-state index in [-0.39, 0.29) is 107 Å². The molecule has 15 nitrogen and oxygen atoms in total. The predicted octanol–water partition coefficient (Wildman–Crippen LogP) is 12.0. The van der Waals surface area contributed by atoms with Gasteiger partial charge < -0.3 is 28.2 Å². The molecule has 4 aromatic carbocycles. The number of benzene rings is 4. The van der Waals surface area contributed by atoms with Gasteiger partial charge in [0.1, 0.15) is 22.5 Å². The number of hydrogen-bond acceptors (Lipinski definition) is 14. The first-order valence-corrected chi connectivity index (χ1v) is 21.1. The molecule has 22 heteroatoms. The Hall–Kier alpha value is -6.86. The molecule has 0 aliphatic rings. The van der Waals surface area contributed by atoms with Crippen LogP contribution in [0, 0.1) is 41.2 Å². The molecule has 4 aromatic heterocycles. The minimum Gasteiger partial charge on any atom is -0.453 e. The molecule has 0 aliphatic carbocycles. The van der Waals surface area contributed by atoms with Gasteiger partial charge in [0.05, 0.1) is 57.4 Å². The summed E-state index contributed by atoms with van der Waals surface area (Å²) in [6.45, 7) is 3.73. The van der Waals surface area contributed by atoms with Crippen LogP contribution in [0.5, 0.6) is 23.0 Å². The summed E-state index contributed by atoms with van der Waals surface area (Å²) in [7, 11) is 3.68. The smallest absolute Gasteiger partial charge is 0.269 e. The third kappa shape index (κ3) is 11.0. The number of nitrogens with zero attached hydrogens (tertiary/aromatic N) is 10. The molecule has 0 saturated carbocycles. The van der Waals surface area contributed by atoms with Crippen LogP contribution in [-0.2, 0) is 19.3 Å². The number of ether oxygens (including phenoxy) is 2. The maximum absolute atomic E-state index is 15.3. The van der Waals surface area contributed by atoms with Crippen molar-refractivity contribution in [3.63, 3.8) is 0 Å². The normalized spacial score (nSPS) is 10.8. The molecule has 0 radical (unpaired) electrons. The number of hydrogen-bond donors (Lipinski definition) is 1. The van der Waals surface area contributed by atoms with Crippen molar-refractivity contribution in [2.24, 2.45) is 0 Å². The fraction of sp³-hybridized carbons (Fsp3) is 0.159. The fourth-order valence-corrected chi connectivity index (χ4v) is 7.03. The molecule has 0 fully saturated rings. The zero-order chi connectivity index (χ0) is 47.2. The molecule has 8 rings (SSSR count). The van der Waals surface area contributed by atoms with E-state index in [4.69, 9.17) is 86.8 Å². The number of rotatable bonds is 12. The van der Waals surface area contributed by atoms with Crippen molar-refractivity contribution in [3.8, 4) is 58.2 Å². The van der Waals surface area contributed by atoms with Crippen molar-refractivity contribution in [3.05, 3.63) is 149 Å². The number of anilines is 1. The van der Waals surface area contributed by atoms with E-state index in [0.717, 1.165) is 0 Å². The van der Waals surface area contributed by atoms with E-state index in [0.29, 0.717) is 35.1 Å². The van der Waals surface area contributed by atoms with Gasteiger partial charge in [-0.15, -0.1) is 20.4 Å². The van der Waals surface area contributed by atoms with Gasteiger partial charge in [-0.05, 0) is 55.5 Å². The van der Waals surface area contributed by atoms with E-state index in [1.54, 1.807) is 11.1 Å². The second-order valence-corrected chi connectivity index (χ2v) is 16.2. The molecule has 1 N–H and O–H groups in total. The average Bonchev–Trinajstić information content (AvgIpc) is 4.05. The molecule has 0 spiro atoms. The van der Waals surface area contributed by atoms with Gasteiger partial charge in [0.15, 0.2) is 28.8 Å². The number of aryl methyl sites for hydroxylation is 2. The van der Waals surface area contributed by atoms with Crippen LogP contribution in [0.1, 0.15) is 52.5 Å². The summed E-state index contributed by atoms with van der Waals surface area (Å²) in [5, 5.41) is 35.1. The Bertz CT molecular complexity index is 3180. The topological polar surface area (TPSA) is 202 Å². The highest BCUT2D eigenvalue weighted by atomic mass is 35.5. The Morgan fingerprint density at radius 3 is 1.70 bits per heavy atom. The van der Waals surface area contributed by atoms with Gasteiger partial charge in [-0.2, -0.15) is 10.5 Å². The maximum atomic E-state index is 15.3. The number of nitriles is 2. The Kier molecular flexibility index (Phi) is 14.7. The highest BCUT2D eigenvalue weighted by Crippen LogP contribution is 2.38. The van der Waals surface area contributed by atoms with Gasteiger partial charge in [0.2, 0.25) is 17.7 Å². The molecule has 66 heavy (non-hydrogen) atoms. The van der Waals surface area contributed by atoms with Crippen molar-refractivity contribution in [1.82, 2.24) is 40.3 Å². The molecule has 0 unspecified atom stereocenters. The Labute approximate surface area is 399 Å². The zero-order valence-electron chi connectivity index (χ0n) is 34.7. The third-order valence-corrected chi connectivity index (χ3v) is 10.5. The molecule has 4 heterocycles. The van der Waals surface area contributed by atoms with Gasteiger partial charge in [-0.1, -0.05) is 77.1 Å². The molecule has 0 saturated heterocycles. The second-order valence-electron chi connectivity index (χ2n) is 14.1. The highest BCUT2D eigenvalue weighted by molar-refractivity contribution is 6.33. The summed E-state index contributed by atoms with van der Waals surface area (Å²) >= 11 is 30.4. The first kappa shape index (κ1) is 47.1. The molecular weight excluding hydrogens is 962 g/mol. The molecule has 0 bridgehead atoms. The Balaban J connectivity index is 0.000000197. The standard InChI is InChI=1S/C23H17Cl2FN6O2.C21H13Cl3FN5O2/c1-12-17(11-28-23(29-12)32(2)3)22-31-30-19(34-22)8-14-4-5-18(25)21(20(14)26)33-16-7-13(10-27)6-15(24)9-16;1-2-15-27-18(20(24)28-15)21-30-29-16(32-21)7-11-3-4-14(23)19(17(11)25)31-13-6-10(9-26)5-12(22)8-13/h4-7,9,11H,8H2,1-3H3;3-6,8H,2,7H2,1H3,(H,27,28). The van der Waals surface area contributed by atoms with Gasteiger partial charge in [-0.25, -0.2) is 23.7 Å². The summed E-state index contributed by atoms with van der Waals surface area (Å²) < 4.78 is 53.1. The number of nitrogens with one attached hydrogen (secondary N) is 1. The first-order chi connectivity index (χ1) is 31.6. The second kappa shape index (κ2) is 20.5. The monoisotopic (exact) mass is 989 g/mol. The maximum Gasteiger partial charge on any atom is 0.269 e. The van der Waals surface area contributed by atoms with E-state index in [9.17, 15) is 0 Å². The van der Waals surface area contributed by atoms with Crippen LogP contribution in [0.2, 0.25) is 25.2 Å². The molecule has 8 aromatic rings. The van der Waals surface area contributed by atoms with Crippen LogP contribution >= 0.6 is 58.0 Å². The predicted molar refractivity (Wildman–Crippen MR) is 242 cm³/mol. The van der Waals surface area contributed by atoms with Crippen LogP contribution < -0.4 is 14.4 Å². The van der Waals surface area contributed by atoms with Crippen molar-refractivity contribution < 1.29 is 27.1 Å².